The number of hydrogen-bond acceptors (Lipinski definition) is 3. The number of rotatable bonds is 3. The molecule has 208 valence electrons. The Morgan fingerprint density at radius 2 is 1.02 bits per heavy atom. The Labute approximate surface area is 257 Å². The summed E-state index contributed by atoms with van der Waals surface area (Å²) in [5, 5.41) is 0. The van der Waals surface area contributed by atoms with Gasteiger partial charge in [0, 0.05) is 28.0 Å². The van der Waals surface area contributed by atoms with Crippen molar-refractivity contribution in [2.75, 3.05) is 0 Å². The van der Waals surface area contributed by atoms with E-state index in [0.29, 0.717) is 17.5 Å². The number of benzene rings is 5. The molecule has 1 heterocycles. The Balaban J connectivity index is 1.32. The van der Waals surface area contributed by atoms with E-state index in [1.54, 1.807) is 0 Å². The van der Waals surface area contributed by atoms with Crippen molar-refractivity contribution in [1.29, 1.82) is 0 Å². The van der Waals surface area contributed by atoms with Crippen LogP contribution in [0.4, 0.5) is 0 Å². The largest absolute Gasteiger partial charge is 0.208 e. The van der Waals surface area contributed by atoms with Gasteiger partial charge in [-0.2, -0.15) is 0 Å². The summed E-state index contributed by atoms with van der Waals surface area (Å²) in [6.45, 7) is 2.40. The summed E-state index contributed by atoms with van der Waals surface area (Å²) < 4.78 is 0. The normalized spacial score (nSPS) is 22.0. The van der Waals surface area contributed by atoms with E-state index in [1.807, 2.05) is 36.4 Å². The van der Waals surface area contributed by atoms with Crippen LogP contribution >= 0.6 is 0 Å². The van der Waals surface area contributed by atoms with Gasteiger partial charge in [0.25, 0.3) is 0 Å². The van der Waals surface area contributed by atoms with Gasteiger partial charge in [-0.05, 0) is 39.4 Å². The van der Waals surface area contributed by atoms with Gasteiger partial charge in [0.05, 0.1) is 5.41 Å². The molecule has 0 N–H and O–H groups in total. The molecule has 3 aliphatic carbocycles. The molecule has 44 heavy (non-hydrogen) atoms. The maximum atomic E-state index is 5.08. The van der Waals surface area contributed by atoms with Gasteiger partial charge in [-0.3, -0.25) is 0 Å². The smallest absolute Gasteiger partial charge is 0.164 e. The average molecular weight is 564 g/mol. The van der Waals surface area contributed by atoms with Gasteiger partial charge in [-0.25, -0.2) is 15.0 Å². The van der Waals surface area contributed by atoms with Crippen LogP contribution in [0.3, 0.4) is 0 Å². The van der Waals surface area contributed by atoms with Crippen LogP contribution in [0, 0.1) is 5.92 Å². The minimum absolute atomic E-state index is 0.121. The highest BCUT2D eigenvalue weighted by molar-refractivity contribution is 5.88. The number of hydrogen-bond donors (Lipinski definition) is 0. The third-order valence-electron chi connectivity index (χ3n) is 9.95. The van der Waals surface area contributed by atoms with Crippen LogP contribution < -0.4 is 0 Å². The predicted molar refractivity (Wildman–Crippen MR) is 177 cm³/mol. The molecule has 0 saturated carbocycles. The molecule has 6 aromatic rings. The lowest BCUT2D eigenvalue weighted by molar-refractivity contribution is 0.372. The van der Waals surface area contributed by atoms with Gasteiger partial charge in [0.2, 0.25) is 0 Å². The summed E-state index contributed by atoms with van der Waals surface area (Å²) in [5.41, 5.74) is 10.6. The average Bonchev–Trinajstić information content (AvgIpc) is 3.52. The topological polar surface area (TPSA) is 38.7 Å². The van der Waals surface area contributed by atoms with Gasteiger partial charge in [0.15, 0.2) is 17.5 Å². The molecule has 3 nitrogen and oxygen atoms in total. The lowest BCUT2D eigenvalue weighted by Gasteiger charge is -2.40. The quantitative estimate of drug-likeness (QED) is 0.215. The lowest BCUT2D eigenvalue weighted by Crippen LogP contribution is -2.38. The highest BCUT2D eigenvalue weighted by Gasteiger charge is 2.61. The first-order valence-corrected chi connectivity index (χ1v) is 15.3. The van der Waals surface area contributed by atoms with E-state index in [2.05, 4.69) is 122 Å². The first-order valence-electron chi connectivity index (χ1n) is 15.3. The zero-order chi connectivity index (χ0) is 29.3. The van der Waals surface area contributed by atoms with Gasteiger partial charge >= 0.3 is 0 Å². The van der Waals surface area contributed by atoms with Crippen molar-refractivity contribution in [1.82, 2.24) is 15.0 Å². The Hall–Kier alpha value is -5.41. The molecular weight excluding hydrogens is 534 g/mol. The highest BCUT2D eigenvalue weighted by Crippen LogP contribution is 2.67. The summed E-state index contributed by atoms with van der Waals surface area (Å²) in [7, 11) is 0. The first kappa shape index (κ1) is 25.1. The Bertz CT molecular complexity index is 2090. The summed E-state index contributed by atoms with van der Waals surface area (Å²) in [6, 6.07) is 45.2. The van der Waals surface area contributed by atoms with Gasteiger partial charge in [-0.1, -0.05) is 153 Å². The molecule has 3 aliphatic rings. The third kappa shape index (κ3) is 3.35. The highest BCUT2D eigenvalue weighted by atomic mass is 15.0. The first-order chi connectivity index (χ1) is 21.7. The van der Waals surface area contributed by atoms with E-state index in [-0.39, 0.29) is 16.7 Å². The van der Waals surface area contributed by atoms with Crippen molar-refractivity contribution in [3.8, 4) is 45.3 Å². The van der Waals surface area contributed by atoms with E-state index < -0.39 is 0 Å². The van der Waals surface area contributed by atoms with Crippen molar-refractivity contribution in [2.45, 2.75) is 17.8 Å². The van der Waals surface area contributed by atoms with E-state index in [4.69, 9.17) is 15.0 Å². The molecule has 9 rings (SSSR count). The van der Waals surface area contributed by atoms with Crippen LogP contribution in [0.2, 0.25) is 0 Å². The molecule has 0 bridgehead atoms. The van der Waals surface area contributed by atoms with E-state index in [9.17, 15) is 0 Å². The van der Waals surface area contributed by atoms with E-state index >= 15 is 0 Å². The molecule has 1 aromatic heterocycles. The van der Waals surface area contributed by atoms with Gasteiger partial charge in [0.1, 0.15) is 0 Å². The molecule has 3 heteroatoms. The Kier molecular flexibility index (Phi) is 5.31. The Morgan fingerprint density at radius 3 is 1.70 bits per heavy atom. The number of aromatic nitrogens is 3. The van der Waals surface area contributed by atoms with Crippen LogP contribution in [0.5, 0.6) is 0 Å². The van der Waals surface area contributed by atoms with Crippen LogP contribution in [-0.4, -0.2) is 15.0 Å². The van der Waals surface area contributed by atoms with Crippen LogP contribution in [0.15, 0.2) is 152 Å². The number of nitrogens with zero attached hydrogens (tertiary/aromatic N) is 3. The molecule has 0 saturated heterocycles. The minimum atomic E-state index is -0.327. The van der Waals surface area contributed by atoms with E-state index in [1.165, 1.54) is 33.4 Å². The van der Waals surface area contributed by atoms with E-state index in [0.717, 1.165) is 16.7 Å². The Morgan fingerprint density at radius 1 is 0.477 bits per heavy atom. The number of allylic oxidation sites excluding steroid dienone is 4. The lowest BCUT2D eigenvalue weighted by atomic mass is 9.61. The zero-order valence-corrected chi connectivity index (χ0v) is 24.4. The number of fused-ring (bicyclic) bond motifs is 10. The third-order valence-corrected chi connectivity index (χ3v) is 9.95. The molecule has 0 aliphatic heterocycles. The standard InChI is InChI=1S/C41H29N3/c1-40-25-13-12-22-36(40)41(34-21-11-10-20-33(34)40)32-19-9-8-18-30(32)31-24-23-29(26-35(31)41)39-43-37(27-14-4-2-5-15-27)42-38(44-39)28-16-6-3-7-17-28/h2-26,36H,1H3. The molecule has 3 unspecified atom stereocenters. The van der Waals surface area contributed by atoms with Crippen LogP contribution in [0.25, 0.3) is 45.3 Å². The van der Waals surface area contributed by atoms with Crippen molar-refractivity contribution >= 4 is 0 Å². The second-order valence-corrected chi connectivity index (χ2v) is 12.2. The van der Waals surface area contributed by atoms with Crippen LogP contribution in [0.1, 0.15) is 29.2 Å². The molecule has 3 atom stereocenters. The fraction of sp³-hybridized carbons (Fsp3) is 0.0976. The second kappa shape index (κ2) is 9.29. The summed E-state index contributed by atoms with van der Waals surface area (Å²) in [6.07, 6.45) is 9.28. The SMILES string of the molecule is CC12C=CC=CC1C1(c3ccccc3-c3ccc(-c4nc(-c5ccccc5)nc(-c5ccccc5)n4)cc31)c1ccccc12. The summed E-state index contributed by atoms with van der Waals surface area (Å²) in [5.74, 6) is 2.26. The van der Waals surface area contributed by atoms with Crippen molar-refractivity contribution in [3.63, 3.8) is 0 Å². The summed E-state index contributed by atoms with van der Waals surface area (Å²) in [4.78, 5) is 15.1. The van der Waals surface area contributed by atoms with Crippen LogP contribution in [-0.2, 0) is 10.8 Å². The fourth-order valence-electron chi connectivity index (χ4n) is 8.06. The molecule has 0 fully saturated rings. The van der Waals surface area contributed by atoms with Gasteiger partial charge in [-0.15, -0.1) is 0 Å². The van der Waals surface area contributed by atoms with Gasteiger partial charge < -0.3 is 0 Å². The van der Waals surface area contributed by atoms with Crippen molar-refractivity contribution < 1.29 is 0 Å². The molecule has 5 aromatic carbocycles. The maximum Gasteiger partial charge on any atom is 0.164 e. The minimum Gasteiger partial charge on any atom is -0.208 e. The fourth-order valence-corrected chi connectivity index (χ4v) is 8.06. The predicted octanol–water partition coefficient (Wildman–Crippen LogP) is 9.20. The monoisotopic (exact) mass is 563 g/mol. The van der Waals surface area contributed by atoms with Crippen molar-refractivity contribution in [2.24, 2.45) is 5.92 Å². The zero-order valence-electron chi connectivity index (χ0n) is 24.4. The molecular formula is C41H29N3. The molecule has 1 spiro atoms. The summed E-state index contributed by atoms with van der Waals surface area (Å²) >= 11 is 0. The molecule has 0 radical (unpaired) electrons. The molecule has 0 amide bonds. The second-order valence-electron chi connectivity index (χ2n) is 12.2. The van der Waals surface area contributed by atoms with Crippen molar-refractivity contribution in [3.05, 3.63) is 174 Å². The maximum absolute atomic E-state index is 5.08.